The molecule has 0 aliphatic heterocycles. The van der Waals surface area contributed by atoms with Crippen molar-refractivity contribution in [2.24, 2.45) is 0 Å². The van der Waals surface area contributed by atoms with Gasteiger partial charge in [0.1, 0.15) is 0 Å². The van der Waals surface area contributed by atoms with E-state index in [1.165, 1.54) is 77.5 Å². The molecule has 0 unspecified atom stereocenters. The van der Waals surface area contributed by atoms with Gasteiger partial charge >= 0.3 is 0 Å². The second-order valence-corrected chi connectivity index (χ2v) is 11.0. The van der Waals surface area contributed by atoms with E-state index in [9.17, 15) is 0 Å². The average Bonchev–Trinajstić information content (AvgIpc) is 2.79. The maximum absolute atomic E-state index is 8.93. The van der Waals surface area contributed by atoms with Gasteiger partial charge in [-0.05, 0) is 132 Å². The summed E-state index contributed by atoms with van der Waals surface area (Å²) in [5.74, 6) is 0. The number of aliphatic hydroxyl groups is 1. The Balaban J connectivity index is 4.14. The zero-order chi connectivity index (χ0) is 27.2. The molecule has 0 atom stereocenters. The molecule has 1 N–H and O–H groups in total. The van der Waals surface area contributed by atoms with Gasteiger partial charge in [-0.15, -0.1) is 0 Å². The Morgan fingerprint density at radius 2 is 0.583 bits per heavy atom. The third-order valence-electron chi connectivity index (χ3n) is 6.69. The molecule has 0 amide bonds. The Morgan fingerprint density at radius 1 is 0.361 bits per heavy atom. The molecule has 0 saturated heterocycles. The Labute approximate surface area is 225 Å². The zero-order valence-corrected chi connectivity index (χ0v) is 25.2. The fraction of sp³-hybridized carbons (Fsp3) is 0.600. The van der Waals surface area contributed by atoms with E-state index in [0.717, 1.165) is 38.5 Å². The molecule has 0 heterocycles. The first-order valence-corrected chi connectivity index (χ1v) is 14.3. The van der Waals surface area contributed by atoms with Crippen LogP contribution in [-0.2, 0) is 0 Å². The van der Waals surface area contributed by atoms with Crippen molar-refractivity contribution in [3.63, 3.8) is 0 Å². The number of aliphatic hydroxyl groups excluding tert-OH is 1. The second-order valence-electron chi connectivity index (χ2n) is 11.0. The van der Waals surface area contributed by atoms with Crippen LogP contribution in [0.4, 0.5) is 0 Å². The molecule has 0 aliphatic carbocycles. The highest BCUT2D eigenvalue weighted by Gasteiger charge is 1.96. The Bertz CT molecular complexity index is 804. The molecule has 0 rings (SSSR count). The van der Waals surface area contributed by atoms with Crippen molar-refractivity contribution in [3.05, 3.63) is 81.5 Å². The minimum absolute atomic E-state index is 0.152. The van der Waals surface area contributed by atoms with Gasteiger partial charge in [0.15, 0.2) is 0 Å². The molecule has 0 aliphatic rings. The third kappa shape index (κ3) is 22.6. The van der Waals surface area contributed by atoms with Gasteiger partial charge in [-0.1, -0.05) is 81.5 Å². The summed E-state index contributed by atoms with van der Waals surface area (Å²) in [5.41, 5.74) is 10.2. The molecular formula is C35H58O. The van der Waals surface area contributed by atoms with Crippen LogP contribution in [0.1, 0.15) is 132 Å². The van der Waals surface area contributed by atoms with Crippen molar-refractivity contribution in [1.82, 2.24) is 0 Å². The van der Waals surface area contributed by atoms with Crippen molar-refractivity contribution in [2.45, 2.75) is 132 Å². The smallest absolute Gasteiger partial charge is 0.0614 e. The fourth-order valence-electron chi connectivity index (χ4n) is 4.09. The number of hydrogen-bond acceptors (Lipinski definition) is 1. The minimum atomic E-state index is 0.152. The predicted octanol–water partition coefficient (Wildman–Crippen LogP) is 11.3. The molecular weight excluding hydrogens is 440 g/mol. The lowest BCUT2D eigenvalue weighted by atomic mass is 10.0. The second kappa shape index (κ2) is 22.3. The van der Waals surface area contributed by atoms with E-state index in [0.29, 0.717) is 0 Å². The van der Waals surface area contributed by atoms with Crippen LogP contribution in [0.2, 0.25) is 0 Å². The summed E-state index contributed by atoms with van der Waals surface area (Å²) >= 11 is 0. The summed E-state index contributed by atoms with van der Waals surface area (Å²) in [5, 5.41) is 8.93. The third-order valence-corrected chi connectivity index (χ3v) is 6.69. The van der Waals surface area contributed by atoms with E-state index in [-0.39, 0.29) is 6.61 Å². The summed E-state index contributed by atoms with van der Waals surface area (Å²) in [7, 11) is 0. The Morgan fingerprint density at radius 3 is 0.806 bits per heavy atom. The van der Waals surface area contributed by atoms with Crippen molar-refractivity contribution < 1.29 is 5.11 Å². The molecule has 204 valence electrons. The normalized spacial score (nSPS) is 14.5. The summed E-state index contributed by atoms with van der Waals surface area (Å²) < 4.78 is 0. The van der Waals surface area contributed by atoms with Gasteiger partial charge in [0, 0.05) is 0 Å². The van der Waals surface area contributed by atoms with Crippen LogP contribution in [0.25, 0.3) is 0 Å². The minimum Gasteiger partial charge on any atom is -0.392 e. The van der Waals surface area contributed by atoms with Crippen LogP contribution >= 0.6 is 0 Å². The van der Waals surface area contributed by atoms with Crippen LogP contribution in [0.5, 0.6) is 0 Å². The van der Waals surface area contributed by atoms with Gasteiger partial charge in [0.2, 0.25) is 0 Å². The first-order chi connectivity index (χ1) is 17.1. The number of rotatable bonds is 19. The summed E-state index contributed by atoms with van der Waals surface area (Å²) in [6.45, 7) is 17.9. The summed E-state index contributed by atoms with van der Waals surface area (Å²) in [6, 6.07) is 0. The van der Waals surface area contributed by atoms with Crippen LogP contribution in [0.15, 0.2) is 81.5 Å². The van der Waals surface area contributed by atoms with Crippen molar-refractivity contribution >= 4 is 0 Å². The van der Waals surface area contributed by atoms with Crippen LogP contribution in [-0.4, -0.2) is 11.7 Å². The van der Waals surface area contributed by atoms with Gasteiger partial charge in [-0.2, -0.15) is 0 Å². The van der Waals surface area contributed by atoms with Gasteiger partial charge in [0.05, 0.1) is 6.61 Å². The summed E-state index contributed by atoms with van der Waals surface area (Å²) in [4.78, 5) is 0. The Kier molecular flexibility index (Phi) is 21.2. The highest BCUT2D eigenvalue weighted by atomic mass is 16.3. The molecule has 0 saturated carbocycles. The summed E-state index contributed by atoms with van der Waals surface area (Å²) in [6.07, 6.45) is 30.1. The maximum Gasteiger partial charge on any atom is 0.0614 e. The molecule has 1 heteroatoms. The average molecular weight is 499 g/mol. The van der Waals surface area contributed by atoms with E-state index in [2.05, 4.69) is 91.8 Å². The standard InChI is InChI=1S/C35H58O/c1-29(2)15-9-16-30(3)17-10-18-31(4)19-11-20-32(5)21-12-22-33(6)23-13-24-34(7)25-14-26-35(8)27-28-36/h15,17,19,21,23,25,27,36H,9-14,16,18,20,22,24,26,28H2,1-8H3/b30-17+,31-19+,32-21+,33-23?,34-25-,35-27+/i26+1,27+1,28+1,35+1. The van der Waals surface area contributed by atoms with E-state index in [4.69, 9.17) is 5.11 Å². The Hall–Kier alpha value is -1.86. The van der Waals surface area contributed by atoms with Crippen molar-refractivity contribution in [3.8, 4) is 0 Å². The molecule has 0 radical (unpaired) electrons. The monoisotopic (exact) mass is 498 g/mol. The predicted molar refractivity (Wildman–Crippen MR) is 164 cm³/mol. The lowest BCUT2D eigenvalue weighted by Crippen LogP contribution is -1.84. The van der Waals surface area contributed by atoms with E-state index in [1.54, 1.807) is 0 Å². The maximum atomic E-state index is 8.93. The molecule has 0 spiro atoms. The quantitative estimate of drug-likeness (QED) is 0.139. The zero-order valence-electron chi connectivity index (χ0n) is 25.2. The molecule has 0 aromatic carbocycles. The van der Waals surface area contributed by atoms with Gasteiger partial charge in [-0.25, -0.2) is 0 Å². The number of hydrogen-bond donors (Lipinski definition) is 1. The lowest BCUT2D eigenvalue weighted by Gasteiger charge is -2.04. The SMILES string of the molecule is CC(C)=CCC/C(C)=C/CC/C(C)=C/CC/C(C)=C/CCC(C)=CCC/C(C)=C\C[13CH2]/[13C](C)=[13CH]/[13CH2]O. The molecule has 0 bridgehead atoms. The number of allylic oxidation sites excluding steroid dienone is 13. The fourth-order valence-corrected chi connectivity index (χ4v) is 4.09. The van der Waals surface area contributed by atoms with Crippen molar-refractivity contribution in [1.29, 1.82) is 0 Å². The molecule has 0 aromatic heterocycles. The van der Waals surface area contributed by atoms with Gasteiger partial charge < -0.3 is 5.11 Å². The van der Waals surface area contributed by atoms with Crippen LogP contribution in [0, 0.1) is 0 Å². The van der Waals surface area contributed by atoms with Gasteiger partial charge in [-0.3, -0.25) is 0 Å². The topological polar surface area (TPSA) is 20.2 Å². The van der Waals surface area contributed by atoms with E-state index < -0.39 is 0 Å². The van der Waals surface area contributed by atoms with Crippen LogP contribution < -0.4 is 0 Å². The lowest BCUT2D eigenvalue weighted by molar-refractivity contribution is 0.341. The first-order valence-electron chi connectivity index (χ1n) is 14.3. The van der Waals surface area contributed by atoms with Gasteiger partial charge in [0.25, 0.3) is 0 Å². The largest absolute Gasteiger partial charge is 0.392 e. The first kappa shape index (κ1) is 34.1. The highest BCUT2D eigenvalue weighted by Crippen LogP contribution is 2.16. The molecule has 0 fully saturated rings. The molecule has 0 aromatic rings. The van der Waals surface area contributed by atoms with E-state index in [1.807, 2.05) is 6.08 Å². The van der Waals surface area contributed by atoms with Crippen LogP contribution in [0.3, 0.4) is 0 Å². The molecule has 36 heavy (non-hydrogen) atoms. The van der Waals surface area contributed by atoms with Crippen molar-refractivity contribution in [2.75, 3.05) is 6.61 Å². The van der Waals surface area contributed by atoms with E-state index >= 15 is 0 Å². The highest BCUT2D eigenvalue weighted by molar-refractivity contribution is 5.09. The molecule has 1 nitrogen and oxygen atoms in total.